The van der Waals surface area contributed by atoms with Gasteiger partial charge in [0, 0.05) is 12.1 Å². The van der Waals surface area contributed by atoms with Crippen LogP contribution in [0.3, 0.4) is 0 Å². The minimum Gasteiger partial charge on any atom is -0.328 e. The van der Waals surface area contributed by atoms with Crippen molar-refractivity contribution in [1.29, 1.82) is 0 Å². The van der Waals surface area contributed by atoms with E-state index < -0.39 is 0 Å². The zero-order valence-electron chi connectivity index (χ0n) is 12.2. The average Bonchev–Trinajstić information content (AvgIpc) is 2.95. The maximum atomic E-state index is 14.1. The molecule has 1 atom stereocenters. The number of aromatic nitrogens is 4. The lowest BCUT2D eigenvalue weighted by Crippen LogP contribution is -2.12. The molecule has 1 unspecified atom stereocenters. The number of H-pyrrole nitrogens is 1. The number of fused-ring (bicyclic) bond motifs is 1. The number of rotatable bonds is 3. The van der Waals surface area contributed by atoms with Crippen LogP contribution in [0.25, 0.3) is 11.2 Å². The molecule has 0 amide bonds. The second-order valence-electron chi connectivity index (χ2n) is 5.10. The molecule has 1 aromatic carbocycles. The van der Waals surface area contributed by atoms with Crippen LogP contribution in [0.4, 0.5) is 4.39 Å². The van der Waals surface area contributed by atoms with E-state index in [0.29, 0.717) is 10.3 Å². The summed E-state index contributed by atoms with van der Waals surface area (Å²) in [7, 11) is 0. The summed E-state index contributed by atoms with van der Waals surface area (Å²) < 4.78 is 18.5. The largest absolute Gasteiger partial charge is 0.328 e. The highest BCUT2D eigenvalue weighted by atomic mass is 32.1. The van der Waals surface area contributed by atoms with E-state index in [0.717, 1.165) is 23.4 Å². The fourth-order valence-corrected chi connectivity index (χ4v) is 3.10. The summed E-state index contributed by atoms with van der Waals surface area (Å²) in [6.45, 7) is 6.66. The Hall–Kier alpha value is -1.95. The van der Waals surface area contributed by atoms with Crippen LogP contribution in [0.5, 0.6) is 0 Å². The van der Waals surface area contributed by atoms with E-state index in [9.17, 15) is 4.39 Å². The lowest BCUT2D eigenvalue weighted by molar-refractivity contribution is 0.548. The second-order valence-corrected chi connectivity index (χ2v) is 5.48. The molecule has 0 saturated carbocycles. The van der Waals surface area contributed by atoms with Crippen LogP contribution < -0.4 is 0 Å². The molecule has 0 radical (unpaired) electrons. The Labute approximate surface area is 127 Å². The first kappa shape index (κ1) is 14.0. The smallest absolute Gasteiger partial charge is 0.179 e. The molecular formula is C15H17FN4S. The standard InChI is InChI=1S/C15H17FN4S/c1-4-19-14-13(9(2)18-19)17-15(21)20(14)10(3)11-7-5-6-8-12(11)16/h5-8,10H,4H2,1-3H3,(H,17,21). The molecule has 2 aromatic heterocycles. The number of imidazole rings is 1. The van der Waals surface area contributed by atoms with Crippen molar-refractivity contribution in [3.8, 4) is 0 Å². The van der Waals surface area contributed by atoms with E-state index in [2.05, 4.69) is 10.1 Å². The second kappa shape index (κ2) is 5.11. The number of nitrogens with zero attached hydrogens (tertiary/aromatic N) is 3. The van der Waals surface area contributed by atoms with Crippen molar-refractivity contribution in [2.75, 3.05) is 0 Å². The summed E-state index contributed by atoms with van der Waals surface area (Å²) in [5.74, 6) is -0.222. The van der Waals surface area contributed by atoms with Crippen LogP contribution in [0, 0.1) is 17.5 Å². The fraction of sp³-hybridized carbons (Fsp3) is 0.333. The van der Waals surface area contributed by atoms with Gasteiger partial charge in [-0.1, -0.05) is 18.2 Å². The number of nitrogens with one attached hydrogen (secondary N) is 1. The Bertz CT molecular complexity index is 858. The summed E-state index contributed by atoms with van der Waals surface area (Å²) >= 11 is 5.44. The number of aromatic amines is 1. The van der Waals surface area contributed by atoms with Crippen LogP contribution in [0.2, 0.25) is 0 Å². The Kier molecular flexibility index (Phi) is 3.41. The minimum absolute atomic E-state index is 0.200. The Morgan fingerprint density at radius 1 is 1.38 bits per heavy atom. The summed E-state index contributed by atoms with van der Waals surface area (Å²) in [6, 6.07) is 6.60. The molecule has 0 aliphatic carbocycles. The summed E-state index contributed by atoms with van der Waals surface area (Å²) in [6.07, 6.45) is 0. The van der Waals surface area contributed by atoms with Gasteiger partial charge in [-0.25, -0.2) is 9.07 Å². The quantitative estimate of drug-likeness (QED) is 0.744. The molecule has 1 N–H and O–H groups in total. The molecule has 3 aromatic rings. The van der Waals surface area contributed by atoms with Crippen LogP contribution >= 0.6 is 12.2 Å². The summed E-state index contributed by atoms with van der Waals surface area (Å²) in [4.78, 5) is 3.19. The summed E-state index contributed by atoms with van der Waals surface area (Å²) in [5.41, 5.74) is 3.36. The van der Waals surface area contributed by atoms with Crippen molar-refractivity contribution in [3.63, 3.8) is 0 Å². The van der Waals surface area contributed by atoms with Crippen molar-refractivity contribution < 1.29 is 4.39 Å². The van der Waals surface area contributed by atoms with E-state index in [4.69, 9.17) is 12.2 Å². The van der Waals surface area contributed by atoms with E-state index in [1.54, 1.807) is 12.1 Å². The monoisotopic (exact) mass is 304 g/mol. The third-order valence-electron chi connectivity index (χ3n) is 3.82. The van der Waals surface area contributed by atoms with Gasteiger partial charge in [-0.15, -0.1) is 0 Å². The van der Waals surface area contributed by atoms with Gasteiger partial charge in [0.25, 0.3) is 0 Å². The van der Waals surface area contributed by atoms with Crippen molar-refractivity contribution in [2.24, 2.45) is 0 Å². The molecule has 0 bridgehead atoms. The van der Waals surface area contributed by atoms with Gasteiger partial charge in [0.05, 0.1) is 11.7 Å². The predicted molar refractivity (Wildman–Crippen MR) is 83.5 cm³/mol. The van der Waals surface area contributed by atoms with E-state index in [1.807, 2.05) is 36.1 Å². The maximum absolute atomic E-state index is 14.1. The van der Waals surface area contributed by atoms with Crippen molar-refractivity contribution >= 4 is 23.4 Å². The molecule has 0 aliphatic rings. The molecule has 4 nitrogen and oxygen atoms in total. The molecule has 6 heteroatoms. The maximum Gasteiger partial charge on any atom is 0.179 e. The number of aryl methyl sites for hydroxylation is 2. The Morgan fingerprint density at radius 3 is 2.76 bits per heavy atom. The zero-order chi connectivity index (χ0) is 15.1. The van der Waals surface area contributed by atoms with Gasteiger partial charge >= 0.3 is 0 Å². The third-order valence-corrected chi connectivity index (χ3v) is 4.12. The third kappa shape index (κ3) is 2.10. The molecule has 21 heavy (non-hydrogen) atoms. The van der Waals surface area contributed by atoms with Gasteiger partial charge in [0.2, 0.25) is 0 Å². The molecule has 0 aliphatic heterocycles. The molecular weight excluding hydrogens is 287 g/mol. The number of hydrogen-bond acceptors (Lipinski definition) is 2. The van der Waals surface area contributed by atoms with Crippen molar-refractivity contribution in [3.05, 3.63) is 46.1 Å². The van der Waals surface area contributed by atoms with Gasteiger partial charge < -0.3 is 4.98 Å². The first-order valence-electron chi connectivity index (χ1n) is 6.96. The van der Waals surface area contributed by atoms with Crippen LogP contribution in [0.15, 0.2) is 24.3 Å². The van der Waals surface area contributed by atoms with Gasteiger partial charge in [-0.05, 0) is 39.1 Å². The minimum atomic E-state index is -0.222. The molecule has 3 rings (SSSR count). The predicted octanol–water partition coefficient (Wildman–Crippen LogP) is 3.97. The normalized spacial score (nSPS) is 13.0. The number of halogens is 1. The molecule has 2 heterocycles. The van der Waals surface area contributed by atoms with Gasteiger partial charge in [-0.3, -0.25) is 4.57 Å². The van der Waals surface area contributed by atoms with Crippen molar-refractivity contribution in [2.45, 2.75) is 33.4 Å². The van der Waals surface area contributed by atoms with Crippen LogP contribution in [-0.4, -0.2) is 19.3 Å². The molecule has 0 saturated heterocycles. The highest BCUT2D eigenvalue weighted by molar-refractivity contribution is 7.71. The van der Waals surface area contributed by atoms with E-state index in [1.165, 1.54) is 6.07 Å². The SMILES string of the molecule is CCn1nc(C)c2[nH]c(=S)n(C(C)c3ccccc3F)c21. The Morgan fingerprint density at radius 2 is 2.10 bits per heavy atom. The van der Waals surface area contributed by atoms with Crippen LogP contribution in [0.1, 0.15) is 31.1 Å². The first-order chi connectivity index (χ1) is 10.0. The highest BCUT2D eigenvalue weighted by Gasteiger charge is 2.20. The lowest BCUT2D eigenvalue weighted by atomic mass is 10.1. The fourth-order valence-electron chi connectivity index (χ4n) is 2.76. The van der Waals surface area contributed by atoms with E-state index >= 15 is 0 Å². The van der Waals surface area contributed by atoms with Crippen molar-refractivity contribution in [1.82, 2.24) is 19.3 Å². The van der Waals surface area contributed by atoms with Gasteiger partial charge in [0.1, 0.15) is 11.3 Å². The number of hydrogen-bond donors (Lipinski definition) is 1. The van der Waals surface area contributed by atoms with E-state index in [-0.39, 0.29) is 11.9 Å². The van der Waals surface area contributed by atoms with Gasteiger partial charge in [0.15, 0.2) is 10.4 Å². The highest BCUT2D eigenvalue weighted by Crippen LogP contribution is 2.27. The summed E-state index contributed by atoms with van der Waals surface area (Å²) in [5, 5.41) is 4.49. The average molecular weight is 304 g/mol. The topological polar surface area (TPSA) is 38.5 Å². The molecule has 0 fully saturated rings. The molecule has 0 spiro atoms. The van der Waals surface area contributed by atoms with Gasteiger partial charge in [-0.2, -0.15) is 5.10 Å². The Balaban J connectivity index is 2.27. The zero-order valence-corrected chi connectivity index (χ0v) is 13.0. The first-order valence-corrected chi connectivity index (χ1v) is 7.37. The lowest BCUT2D eigenvalue weighted by Gasteiger charge is -2.16. The number of benzene rings is 1. The molecule has 110 valence electrons. The van der Waals surface area contributed by atoms with Crippen LogP contribution in [-0.2, 0) is 6.54 Å².